The maximum absolute atomic E-state index is 13.8. The zero-order valence-electron chi connectivity index (χ0n) is 15.3. The highest BCUT2D eigenvalue weighted by atomic mass is 19.1. The Morgan fingerprint density at radius 1 is 1.14 bits per heavy atom. The minimum Gasteiger partial charge on any atom is -0.342 e. The van der Waals surface area contributed by atoms with Crippen molar-refractivity contribution in [1.29, 1.82) is 0 Å². The van der Waals surface area contributed by atoms with Gasteiger partial charge in [-0.15, -0.1) is 0 Å². The average Bonchev–Trinajstić information content (AvgIpc) is 3.08. The molecule has 0 saturated carbocycles. The maximum Gasteiger partial charge on any atom is 0.229 e. The molecule has 142 valence electrons. The van der Waals surface area contributed by atoms with Gasteiger partial charge in [-0.05, 0) is 30.2 Å². The highest BCUT2D eigenvalue weighted by Crippen LogP contribution is 2.24. The molecule has 3 aromatic rings. The van der Waals surface area contributed by atoms with E-state index in [4.69, 9.17) is 0 Å². The fraction of sp³-hybridized carbons (Fsp3) is 0.227. The van der Waals surface area contributed by atoms with E-state index in [0.29, 0.717) is 30.8 Å². The molecule has 1 N–H and O–H groups in total. The molecule has 5 nitrogen and oxygen atoms in total. The van der Waals surface area contributed by atoms with Gasteiger partial charge in [0.1, 0.15) is 5.82 Å². The molecule has 2 aromatic carbocycles. The van der Waals surface area contributed by atoms with E-state index in [0.717, 1.165) is 10.9 Å². The summed E-state index contributed by atoms with van der Waals surface area (Å²) in [5.74, 6) is -0.966. The summed E-state index contributed by atoms with van der Waals surface area (Å²) < 4.78 is 13.8. The standard InChI is InChI=1S/C22H20FN3O2/c23-18-8-2-1-5-15(18)10-12-26-14-17(13-20(26)27)22(28)25-19-9-3-6-16-7-4-11-24-21(16)19/h1-9,11,17H,10,12-14H2,(H,25,28). The molecule has 0 bridgehead atoms. The minimum atomic E-state index is -0.424. The summed E-state index contributed by atoms with van der Waals surface area (Å²) in [5.41, 5.74) is 1.93. The van der Waals surface area contributed by atoms with E-state index in [1.165, 1.54) is 6.07 Å². The number of nitrogens with one attached hydrogen (secondary N) is 1. The van der Waals surface area contributed by atoms with Crippen LogP contribution in [0.15, 0.2) is 60.8 Å². The number of pyridine rings is 1. The number of hydrogen-bond acceptors (Lipinski definition) is 3. The predicted octanol–water partition coefficient (Wildman–Crippen LogP) is 3.40. The lowest BCUT2D eigenvalue weighted by Crippen LogP contribution is -2.30. The lowest BCUT2D eigenvalue weighted by Gasteiger charge is -2.17. The van der Waals surface area contributed by atoms with Crippen molar-refractivity contribution in [2.45, 2.75) is 12.8 Å². The molecule has 2 heterocycles. The summed E-state index contributed by atoms with van der Waals surface area (Å²) in [7, 11) is 0. The van der Waals surface area contributed by atoms with Crippen molar-refractivity contribution in [3.8, 4) is 0 Å². The Morgan fingerprint density at radius 3 is 2.82 bits per heavy atom. The van der Waals surface area contributed by atoms with Gasteiger partial charge in [0.15, 0.2) is 0 Å². The first kappa shape index (κ1) is 18.1. The highest BCUT2D eigenvalue weighted by Gasteiger charge is 2.34. The van der Waals surface area contributed by atoms with Crippen molar-refractivity contribution in [3.63, 3.8) is 0 Å². The topological polar surface area (TPSA) is 62.3 Å². The Kier molecular flexibility index (Phi) is 5.02. The van der Waals surface area contributed by atoms with Gasteiger partial charge in [0.25, 0.3) is 0 Å². The van der Waals surface area contributed by atoms with Gasteiger partial charge in [-0.25, -0.2) is 4.39 Å². The van der Waals surface area contributed by atoms with Gasteiger partial charge in [-0.3, -0.25) is 14.6 Å². The van der Waals surface area contributed by atoms with Crippen molar-refractivity contribution in [3.05, 3.63) is 72.2 Å². The number of aromatic nitrogens is 1. The molecule has 6 heteroatoms. The summed E-state index contributed by atoms with van der Waals surface area (Å²) in [6.45, 7) is 0.747. The number of nitrogens with zero attached hydrogens (tertiary/aromatic N) is 2. The SMILES string of the molecule is O=C(Nc1cccc2cccnc12)C1CC(=O)N(CCc2ccccc2F)C1. The fourth-order valence-electron chi connectivity index (χ4n) is 3.56. The van der Waals surface area contributed by atoms with Crippen molar-refractivity contribution in [2.24, 2.45) is 5.92 Å². The second-order valence-electron chi connectivity index (χ2n) is 6.95. The van der Waals surface area contributed by atoms with Gasteiger partial charge < -0.3 is 10.2 Å². The number of amides is 2. The smallest absolute Gasteiger partial charge is 0.229 e. The Labute approximate surface area is 162 Å². The molecular formula is C22H20FN3O2. The number of fused-ring (bicyclic) bond motifs is 1. The number of rotatable bonds is 5. The average molecular weight is 377 g/mol. The van der Waals surface area contributed by atoms with Gasteiger partial charge in [0.05, 0.1) is 17.1 Å². The van der Waals surface area contributed by atoms with Crippen LogP contribution in [0.1, 0.15) is 12.0 Å². The van der Waals surface area contributed by atoms with Crippen molar-refractivity contribution in [1.82, 2.24) is 9.88 Å². The van der Waals surface area contributed by atoms with E-state index in [1.54, 1.807) is 35.4 Å². The van der Waals surface area contributed by atoms with Crippen LogP contribution in [-0.2, 0) is 16.0 Å². The predicted molar refractivity (Wildman–Crippen MR) is 105 cm³/mol. The van der Waals surface area contributed by atoms with Crippen molar-refractivity contribution < 1.29 is 14.0 Å². The monoisotopic (exact) mass is 377 g/mol. The molecule has 1 unspecified atom stereocenters. The molecule has 1 atom stereocenters. The number of carbonyl (C=O) groups is 2. The normalized spacial score (nSPS) is 16.5. The highest BCUT2D eigenvalue weighted by molar-refractivity contribution is 6.02. The third-order valence-electron chi connectivity index (χ3n) is 5.08. The number of carbonyl (C=O) groups excluding carboxylic acids is 2. The molecule has 1 aromatic heterocycles. The maximum atomic E-state index is 13.8. The molecule has 28 heavy (non-hydrogen) atoms. The lowest BCUT2D eigenvalue weighted by molar-refractivity contribution is -0.128. The van der Waals surface area contributed by atoms with Crippen LogP contribution in [0.5, 0.6) is 0 Å². The zero-order chi connectivity index (χ0) is 19.5. The second-order valence-corrected chi connectivity index (χ2v) is 6.95. The van der Waals surface area contributed by atoms with Gasteiger partial charge in [0, 0.05) is 31.1 Å². The van der Waals surface area contributed by atoms with Crippen LogP contribution < -0.4 is 5.32 Å². The number of hydrogen-bond donors (Lipinski definition) is 1. The first-order chi connectivity index (χ1) is 13.6. The summed E-state index contributed by atoms with van der Waals surface area (Å²) in [6, 6.07) is 15.9. The summed E-state index contributed by atoms with van der Waals surface area (Å²) in [5, 5.41) is 3.85. The van der Waals surface area contributed by atoms with Gasteiger partial charge in [0.2, 0.25) is 11.8 Å². The van der Waals surface area contributed by atoms with Gasteiger partial charge in [-0.2, -0.15) is 0 Å². The van der Waals surface area contributed by atoms with E-state index in [9.17, 15) is 14.0 Å². The van der Waals surface area contributed by atoms with E-state index in [1.807, 2.05) is 24.3 Å². The van der Waals surface area contributed by atoms with Crippen LogP contribution in [0.4, 0.5) is 10.1 Å². The number of anilines is 1. The summed E-state index contributed by atoms with van der Waals surface area (Å²) in [4.78, 5) is 31.0. The second kappa shape index (κ2) is 7.76. The molecule has 1 aliphatic heterocycles. The van der Waals surface area contributed by atoms with Gasteiger partial charge in [-0.1, -0.05) is 36.4 Å². The van der Waals surface area contributed by atoms with Crippen molar-refractivity contribution in [2.75, 3.05) is 18.4 Å². The molecular weight excluding hydrogens is 357 g/mol. The molecule has 1 saturated heterocycles. The fourth-order valence-corrected chi connectivity index (χ4v) is 3.56. The largest absolute Gasteiger partial charge is 0.342 e. The van der Waals surface area contributed by atoms with E-state index in [-0.39, 0.29) is 24.1 Å². The first-order valence-electron chi connectivity index (χ1n) is 9.27. The van der Waals surface area contributed by atoms with Crippen LogP contribution in [0.3, 0.4) is 0 Å². The lowest BCUT2D eigenvalue weighted by atomic mass is 10.1. The molecule has 1 aliphatic rings. The Bertz CT molecular complexity index is 1030. The third-order valence-corrected chi connectivity index (χ3v) is 5.08. The van der Waals surface area contributed by atoms with Crippen LogP contribution in [0.2, 0.25) is 0 Å². The minimum absolute atomic E-state index is 0.0764. The summed E-state index contributed by atoms with van der Waals surface area (Å²) in [6.07, 6.45) is 2.28. The van der Waals surface area contributed by atoms with E-state index >= 15 is 0 Å². The molecule has 0 aliphatic carbocycles. The zero-order valence-corrected chi connectivity index (χ0v) is 15.3. The Balaban J connectivity index is 1.40. The van der Waals surface area contributed by atoms with Crippen LogP contribution in [-0.4, -0.2) is 34.8 Å². The molecule has 0 radical (unpaired) electrons. The van der Waals surface area contributed by atoms with Gasteiger partial charge >= 0.3 is 0 Å². The van der Waals surface area contributed by atoms with Crippen LogP contribution in [0, 0.1) is 11.7 Å². The summed E-state index contributed by atoms with van der Waals surface area (Å²) >= 11 is 0. The number of halogens is 1. The van der Waals surface area contributed by atoms with E-state index < -0.39 is 5.92 Å². The Morgan fingerprint density at radius 2 is 1.96 bits per heavy atom. The van der Waals surface area contributed by atoms with Crippen molar-refractivity contribution >= 4 is 28.4 Å². The quantitative estimate of drug-likeness (QED) is 0.741. The molecule has 2 amide bonds. The third kappa shape index (κ3) is 3.71. The number of para-hydroxylation sites is 1. The van der Waals surface area contributed by atoms with Crippen LogP contribution in [0.25, 0.3) is 10.9 Å². The molecule has 1 fully saturated rings. The van der Waals surface area contributed by atoms with Crippen LogP contribution >= 0.6 is 0 Å². The molecule has 4 rings (SSSR count). The van der Waals surface area contributed by atoms with E-state index in [2.05, 4.69) is 10.3 Å². The number of likely N-dealkylation sites (tertiary alicyclic amines) is 1. The molecule has 0 spiro atoms. The first-order valence-corrected chi connectivity index (χ1v) is 9.27. The Hall–Kier alpha value is -3.28. The number of benzene rings is 2.